The Morgan fingerprint density at radius 1 is 1.16 bits per heavy atom. The Hall–Kier alpha value is -3.04. The smallest absolute Gasteiger partial charge is 0.311 e. The molecule has 1 N–H and O–H groups in total. The Morgan fingerprint density at radius 2 is 1.89 bits per heavy atom. The number of nitro benzene ring substituents is 1. The van der Waals surface area contributed by atoms with Gasteiger partial charge in [0.1, 0.15) is 11.8 Å². The summed E-state index contributed by atoms with van der Waals surface area (Å²) in [5, 5.41) is 15.1. The van der Waals surface area contributed by atoms with Gasteiger partial charge in [0, 0.05) is 34.8 Å². The molecule has 37 heavy (non-hydrogen) atoms. The number of carbonyl (C=O) groups excluding carboxylic acids is 2. The average molecular weight is 552 g/mol. The van der Waals surface area contributed by atoms with Gasteiger partial charge in [0.15, 0.2) is 6.61 Å². The quantitative estimate of drug-likeness (QED) is 0.289. The normalized spacial score (nSPS) is 14.5. The number of amides is 2. The molecule has 9 nitrogen and oxygen atoms in total. The van der Waals surface area contributed by atoms with Crippen molar-refractivity contribution in [2.75, 3.05) is 13.7 Å². The Morgan fingerprint density at radius 3 is 2.51 bits per heavy atom. The summed E-state index contributed by atoms with van der Waals surface area (Å²) in [6.45, 7) is 1.54. The maximum absolute atomic E-state index is 13.4. The largest absolute Gasteiger partial charge is 0.490 e. The zero-order chi connectivity index (χ0) is 26.9. The zero-order valence-corrected chi connectivity index (χ0v) is 22.4. The lowest BCUT2D eigenvalue weighted by Gasteiger charge is -2.33. The predicted octanol–water partition coefficient (Wildman–Crippen LogP) is 5.55. The number of hydrogen-bond donors (Lipinski definition) is 1. The van der Waals surface area contributed by atoms with Gasteiger partial charge in [-0.3, -0.25) is 19.7 Å². The van der Waals surface area contributed by atoms with Crippen molar-refractivity contribution in [1.82, 2.24) is 10.2 Å². The van der Waals surface area contributed by atoms with Gasteiger partial charge in [-0.2, -0.15) is 0 Å². The molecule has 0 saturated heterocycles. The molecule has 0 spiro atoms. The van der Waals surface area contributed by atoms with Crippen molar-refractivity contribution in [3.8, 4) is 11.5 Å². The van der Waals surface area contributed by atoms with E-state index in [2.05, 4.69) is 5.32 Å². The monoisotopic (exact) mass is 551 g/mol. The van der Waals surface area contributed by atoms with Crippen LogP contribution in [0.3, 0.4) is 0 Å². The molecule has 1 aliphatic rings. The summed E-state index contributed by atoms with van der Waals surface area (Å²) in [6.07, 6.45) is 5.53. The van der Waals surface area contributed by atoms with Gasteiger partial charge in [-0.15, -0.1) is 0 Å². The van der Waals surface area contributed by atoms with Crippen molar-refractivity contribution in [3.63, 3.8) is 0 Å². The fraction of sp³-hybridized carbons (Fsp3) is 0.462. The highest BCUT2D eigenvalue weighted by molar-refractivity contribution is 6.35. The number of methoxy groups -OCH3 is 1. The van der Waals surface area contributed by atoms with Gasteiger partial charge in [-0.25, -0.2) is 0 Å². The molecule has 1 atom stereocenters. The molecular weight excluding hydrogens is 521 g/mol. The van der Waals surface area contributed by atoms with Crippen LogP contribution in [0.2, 0.25) is 10.0 Å². The lowest BCUT2D eigenvalue weighted by Crippen LogP contribution is -2.52. The van der Waals surface area contributed by atoms with Crippen molar-refractivity contribution < 1.29 is 24.0 Å². The first-order valence-corrected chi connectivity index (χ1v) is 13.0. The summed E-state index contributed by atoms with van der Waals surface area (Å²) in [6, 6.07) is 8.32. The minimum atomic E-state index is -0.740. The molecule has 2 aromatic rings. The maximum atomic E-state index is 13.4. The third-order valence-electron chi connectivity index (χ3n) is 6.40. The highest BCUT2D eigenvalue weighted by atomic mass is 35.5. The second-order valence-corrected chi connectivity index (χ2v) is 9.75. The van der Waals surface area contributed by atoms with Crippen LogP contribution < -0.4 is 14.8 Å². The number of carbonyl (C=O) groups is 2. The van der Waals surface area contributed by atoms with Crippen LogP contribution in [0.5, 0.6) is 11.5 Å². The number of hydrogen-bond acceptors (Lipinski definition) is 6. The summed E-state index contributed by atoms with van der Waals surface area (Å²) in [5.41, 5.74) is 0.422. The van der Waals surface area contributed by atoms with Gasteiger partial charge in [0.2, 0.25) is 11.7 Å². The molecule has 2 aromatic carbocycles. The lowest BCUT2D eigenvalue weighted by molar-refractivity contribution is -0.385. The number of nitrogens with zero attached hydrogens (tertiary/aromatic N) is 2. The van der Waals surface area contributed by atoms with Crippen LogP contribution in [0.25, 0.3) is 0 Å². The predicted molar refractivity (Wildman–Crippen MR) is 141 cm³/mol. The summed E-state index contributed by atoms with van der Waals surface area (Å²) in [7, 11) is 1.31. The molecule has 0 aromatic heterocycles. The highest BCUT2D eigenvalue weighted by Gasteiger charge is 2.31. The van der Waals surface area contributed by atoms with Crippen molar-refractivity contribution in [3.05, 3.63) is 62.1 Å². The zero-order valence-electron chi connectivity index (χ0n) is 20.9. The van der Waals surface area contributed by atoms with E-state index in [1.807, 2.05) is 6.92 Å². The number of rotatable bonds is 11. The molecule has 1 aliphatic carbocycles. The number of benzene rings is 2. The third kappa shape index (κ3) is 7.72. The molecule has 1 saturated carbocycles. The molecule has 0 radical (unpaired) electrons. The van der Waals surface area contributed by atoms with Gasteiger partial charge < -0.3 is 19.7 Å². The van der Waals surface area contributed by atoms with Gasteiger partial charge in [0.05, 0.1) is 12.0 Å². The SMILES string of the molecule is CC[C@H](C(=O)NC1CCCCC1)N(Cc1ccc(Cl)cc1Cl)C(=O)COc1ccc([N+](=O)[O-])c(OC)c1. The molecule has 0 aliphatic heterocycles. The Kier molecular flexibility index (Phi) is 10.4. The van der Waals surface area contributed by atoms with Gasteiger partial charge >= 0.3 is 5.69 Å². The van der Waals surface area contributed by atoms with Gasteiger partial charge in [-0.1, -0.05) is 55.5 Å². The first-order chi connectivity index (χ1) is 17.7. The van der Waals surface area contributed by atoms with E-state index in [1.54, 1.807) is 18.2 Å². The fourth-order valence-corrected chi connectivity index (χ4v) is 4.89. The van der Waals surface area contributed by atoms with Crippen molar-refractivity contribution in [1.29, 1.82) is 0 Å². The summed E-state index contributed by atoms with van der Waals surface area (Å²) >= 11 is 12.4. The molecule has 0 bridgehead atoms. The Balaban J connectivity index is 1.81. The molecule has 0 unspecified atom stereocenters. The fourth-order valence-electron chi connectivity index (χ4n) is 4.42. The molecule has 200 valence electrons. The minimum Gasteiger partial charge on any atom is -0.490 e. The van der Waals surface area contributed by atoms with Crippen LogP contribution in [-0.4, -0.2) is 47.4 Å². The Labute approximate surface area is 226 Å². The average Bonchev–Trinajstić information content (AvgIpc) is 2.88. The highest BCUT2D eigenvalue weighted by Crippen LogP contribution is 2.31. The van der Waals surface area contributed by atoms with Crippen LogP contribution in [0.1, 0.15) is 51.0 Å². The number of ether oxygens (including phenoxy) is 2. The summed E-state index contributed by atoms with van der Waals surface area (Å²) in [4.78, 5) is 38.8. The number of nitro groups is 1. The van der Waals surface area contributed by atoms with Crippen LogP contribution in [0.4, 0.5) is 5.69 Å². The van der Waals surface area contributed by atoms with E-state index in [9.17, 15) is 19.7 Å². The number of nitrogens with one attached hydrogen (secondary N) is 1. The molecule has 3 rings (SSSR count). The van der Waals surface area contributed by atoms with Crippen LogP contribution >= 0.6 is 23.2 Å². The second-order valence-electron chi connectivity index (χ2n) is 8.90. The standard InChI is InChI=1S/C26H31Cl2N3O6/c1-3-22(26(33)29-19-7-5-4-6-8-19)30(15-17-9-10-18(27)13-21(17)28)25(32)16-37-20-11-12-23(31(34)35)24(14-20)36-2/h9-14,19,22H,3-8,15-16H2,1-2H3,(H,29,33)/t22-/m1/s1. The van der Waals surface area contributed by atoms with Crippen molar-refractivity contribution >= 4 is 40.7 Å². The van der Waals surface area contributed by atoms with Crippen LogP contribution in [0, 0.1) is 10.1 Å². The second kappa shape index (κ2) is 13.5. The van der Waals surface area contributed by atoms with Crippen molar-refractivity contribution in [2.24, 2.45) is 0 Å². The van der Waals surface area contributed by atoms with Gasteiger partial charge in [-0.05, 0) is 43.0 Å². The van der Waals surface area contributed by atoms with E-state index in [0.717, 1.165) is 32.1 Å². The summed E-state index contributed by atoms with van der Waals surface area (Å²) < 4.78 is 10.7. The van der Waals surface area contributed by atoms with Crippen molar-refractivity contribution in [2.45, 2.75) is 64.1 Å². The third-order valence-corrected chi connectivity index (χ3v) is 6.99. The van der Waals surface area contributed by atoms with Crippen LogP contribution in [0.15, 0.2) is 36.4 Å². The maximum Gasteiger partial charge on any atom is 0.311 e. The number of halogens is 2. The minimum absolute atomic E-state index is 0.0121. The molecule has 11 heteroatoms. The van der Waals surface area contributed by atoms with E-state index in [-0.39, 0.29) is 42.3 Å². The van der Waals surface area contributed by atoms with Gasteiger partial charge in [0.25, 0.3) is 5.91 Å². The molecule has 2 amide bonds. The summed E-state index contributed by atoms with van der Waals surface area (Å²) in [5.74, 6) is -0.420. The molecule has 1 fully saturated rings. The van der Waals surface area contributed by atoms with E-state index >= 15 is 0 Å². The van der Waals surface area contributed by atoms with E-state index in [4.69, 9.17) is 32.7 Å². The molecule has 0 heterocycles. The van der Waals surface area contributed by atoms with E-state index in [1.165, 1.54) is 30.2 Å². The first kappa shape index (κ1) is 28.5. The first-order valence-electron chi connectivity index (χ1n) is 12.2. The van der Waals surface area contributed by atoms with E-state index in [0.29, 0.717) is 22.0 Å². The Bertz CT molecular complexity index is 1120. The molecular formula is C26H31Cl2N3O6. The lowest BCUT2D eigenvalue weighted by atomic mass is 9.95. The van der Waals surface area contributed by atoms with Crippen LogP contribution in [-0.2, 0) is 16.1 Å². The topological polar surface area (TPSA) is 111 Å². The van der Waals surface area contributed by atoms with E-state index < -0.39 is 16.9 Å².